The fraction of sp³-hybridized carbons (Fsp3) is 0.412. The Morgan fingerprint density at radius 1 is 0.630 bits per heavy atom. The van der Waals surface area contributed by atoms with Crippen molar-refractivity contribution in [3.05, 3.63) is 67.4 Å². The van der Waals surface area contributed by atoms with E-state index in [1.807, 2.05) is 24.3 Å². The molecule has 0 radical (unpaired) electrons. The number of imide groups is 2. The molecule has 0 unspecified atom stereocenters. The van der Waals surface area contributed by atoms with Crippen LogP contribution in [0.25, 0.3) is 12.2 Å². The molecule has 2 N–H and O–H groups in total. The molecule has 4 fully saturated rings. The third-order valence-electron chi connectivity index (χ3n) is 8.19. The number of carbonyl (C=O) groups is 4. The zero-order chi connectivity index (χ0) is 32.5. The lowest BCUT2D eigenvalue weighted by atomic mass is 9.90. The number of hydrogen-bond acceptors (Lipinski definition) is 8. The van der Waals surface area contributed by atoms with Crippen LogP contribution in [0.1, 0.15) is 75.3 Å². The van der Waals surface area contributed by atoms with Crippen LogP contribution in [-0.2, 0) is 9.59 Å². The number of hydrogen-bond donors (Lipinski definition) is 2. The van der Waals surface area contributed by atoms with Gasteiger partial charge in [-0.05, 0) is 109 Å². The van der Waals surface area contributed by atoms with Gasteiger partial charge in [-0.15, -0.1) is 0 Å². The topological polar surface area (TPSA) is 111 Å². The molecule has 2 heterocycles. The molecule has 0 atom stereocenters. The van der Waals surface area contributed by atoms with E-state index in [-0.39, 0.29) is 22.3 Å². The number of rotatable bonds is 8. The first-order valence-corrected chi connectivity index (χ1v) is 18.0. The van der Waals surface area contributed by atoms with Gasteiger partial charge in [0.1, 0.15) is 11.5 Å². The molecular formula is C34H36Cl2N2O6S2. The minimum atomic E-state index is -0.367. The molecule has 0 bridgehead atoms. The van der Waals surface area contributed by atoms with Crippen molar-refractivity contribution in [1.29, 1.82) is 0 Å². The van der Waals surface area contributed by atoms with Gasteiger partial charge in [-0.25, -0.2) is 0 Å². The fourth-order valence-corrected chi connectivity index (χ4v) is 7.57. The second-order valence-corrected chi connectivity index (χ2v) is 14.6. The van der Waals surface area contributed by atoms with Crippen LogP contribution in [-0.4, -0.2) is 35.5 Å². The third-order valence-corrected chi connectivity index (χ3v) is 10.4. The van der Waals surface area contributed by atoms with Crippen LogP contribution in [0.4, 0.5) is 9.59 Å². The standard InChI is InChI=1S/2C17H18ClNO3S/c2*18-13-8-12(9-15-16(20)19-17(21)23-15)6-7-14(13)22-10-11-4-2-1-3-5-11/h2*6-9,11H,1-5,10H2,(H,19,20,21). The van der Waals surface area contributed by atoms with E-state index >= 15 is 0 Å². The van der Waals surface area contributed by atoms with Crippen LogP contribution < -0.4 is 20.1 Å². The molecule has 0 spiro atoms. The molecule has 8 nitrogen and oxygen atoms in total. The highest BCUT2D eigenvalue weighted by atomic mass is 35.5. The summed E-state index contributed by atoms with van der Waals surface area (Å²) in [5, 5.41) is 4.80. The molecule has 244 valence electrons. The average molecular weight is 704 g/mol. The predicted octanol–water partition coefficient (Wildman–Crippen LogP) is 9.25. The minimum absolute atomic E-state index is 0.347. The van der Waals surface area contributed by atoms with Crippen LogP contribution in [0.15, 0.2) is 46.2 Å². The maximum absolute atomic E-state index is 11.5. The molecule has 2 aliphatic heterocycles. The second kappa shape index (κ2) is 16.8. The van der Waals surface area contributed by atoms with Crippen LogP contribution in [0.3, 0.4) is 0 Å². The Balaban J connectivity index is 0.000000181. The van der Waals surface area contributed by atoms with Crippen molar-refractivity contribution in [3.8, 4) is 11.5 Å². The van der Waals surface area contributed by atoms with E-state index in [2.05, 4.69) is 10.6 Å². The summed E-state index contributed by atoms with van der Waals surface area (Å²) in [5.41, 5.74) is 1.54. The maximum atomic E-state index is 11.5. The number of thioether (sulfide) groups is 2. The van der Waals surface area contributed by atoms with Crippen LogP contribution >= 0.6 is 46.7 Å². The van der Waals surface area contributed by atoms with Gasteiger partial charge in [0.2, 0.25) is 0 Å². The van der Waals surface area contributed by atoms with Crippen molar-refractivity contribution in [2.45, 2.75) is 64.2 Å². The number of benzene rings is 2. The number of amides is 4. The maximum Gasteiger partial charge on any atom is 0.290 e. The Bertz CT molecular complexity index is 1420. The molecule has 4 amide bonds. The lowest BCUT2D eigenvalue weighted by Gasteiger charge is -2.22. The minimum Gasteiger partial charge on any atom is -0.492 e. The highest BCUT2D eigenvalue weighted by Gasteiger charge is 2.26. The van der Waals surface area contributed by atoms with Crippen molar-refractivity contribution in [2.24, 2.45) is 11.8 Å². The molecule has 6 rings (SSSR count). The summed E-state index contributed by atoms with van der Waals surface area (Å²) < 4.78 is 11.7. The van der Waals surface area contributed by atoms with E-state index in [1.165, 1.54) is 64.2 Å². The fourth-order valence-electron chi connectivity index (χ4n) is 5.72. The number of halogens is 2. The van der Waals surface area contributed by atoms with E-state index in [0.717, 1.165) is 34.7 Å². The Morgan fingerprint density at radius 2 is 1.02 bits per heavy atom. The SMILES string of the molecule is O=C1NC(=O)C(=Cc2ccc(OCC3CCCCC3)c(Cl)c2)S1.O=C1NC(=O)C(=Cc2ccc(OCC3CCCCC3)c(Cl)c2)S1. The number of carbonyl (C=O) groups excluding carboxylic acids is 4. The Hall–Kier alpha value is -2.92. The monoisotopic (exact) mass is 702 g/mol. The van der Waals surface area contributed by atoms with Gasteiger partial charge in [-0.1, -0.05) is 73.9 Å². The Labute approximate surface area is 287 Å². The van der Waals surface area contributed by atoms with E-state index < -0.39 is 0 Å². The van der Waals surface area contributed by atoms with Crippen LogP contribution in [0.2, 0.25) is 10.0 Å². The lowest BCUT2D eigenvalue weighted by Crippen LogP contribution is -2.17. The zero-order valence-corrected chi connectivity index (χ0v) is 28.4. The Kier molecular flexibility index (Phi) is 12.5. The summed E-state index contributed by atoms with van der Waals surface area (Å²) in [5.74, 6) is 1.83. The molecule has 2 aliphatic carbocycles. The summed E-state index contributed by atoms with van der Waals surface area (Å²) in [4.78, 5) is 46.1. The molecular weight excluding hydrogens is 667 g/mol. The smallest absolute Gasteiger partial charge is 0.290 e. The summed E-state index contributed by atoms with van der Waals surface area (Å²) in [7, 11) is 0. The first-order valence-electron chi connectivity index (χ1n) is 15.6. The van der Waals surface area contributed by atoms with Crippen molar-refractivity contribution >= 4 is 81.2 Å². The second-order valence-electron chi connectivity index (χ2n) is 11.7. The van der Waals surface area contributed by atoms with Crippen molar-refractivity contribution in [3.63, 3.8) is 0 Å². The first-order chi connectivity index (χ1) is 22.2. The highest BCUT2D eigenvalue weighted by molar-refractivity contribution is 8.18. The summed E-state index contributed by atoms with van der Waals surface area (Å²) in [6, 6.07) is 10.8. The van der Waals surface area contributed by atoms with Crippen LogP contribution in [0, 0.1) is 11.8 Å². The molecule has 2 saturated carbocycles. The quantitative estimate of drug-likeness (QED) is 0.262. The normalized spacial score (nSPS) is 20.8. The van der Waals surface area contributed by atoms with Gasteiger partial charge in [0.15, 0.2) is 0 Å². The molecule has 2 saturated heterocycles. The van der Waals surface area contributed by atoms with Crippen molar-refractivity contribution < 1.29 is 28.7 Å². The van der Waals surface area contributed by atoms with Crippen molar-refractivity contribution in [1.82, 2.24) is 10.6 Å². The molecule has 2 aromatic rings. The van der Waals surface area contributed by atoms with Gasteiger partial charge in [0.05, 0.1) is 33.1 Å². The Morgan fingerprint density at radius 3 is 1.35 bits per heavy atom. The predicted molar refractivity (Wildman–Crippen MR) is 185 cm³/mol. The lowest BCUT2D eigenvalue weighted by molar-refractivity contribution is -0.116. The molecule has 4 aliphatic rings. The van der Waals surface area contributed by atoms with Gasteiger partial charge in [-0.2, -0.15) is 0 Å². The number of ether oxygens (including phenoxy) is 2. The van der Waals surface area contributed by atoms with Gasteiger partial charge in [-0.3, -0.25) is 29.8 Å². The number of nitrogens with one attached hydrogen (secondary N) is 2. The van der Waals surface area contributed by atoms with Gasteiger partial charge < -0.3 is 9.47 Å². The zero-order valence-electron chi connectivity index (χ0n) is 25.3. The molecule has 12 heteroatoms. The molecule has 46 heavy (non-hydrogen) atoms. The highest BCUT2D eigenvalue weighted by Crippen LogP contribution is 2.33. The van der Waals surface area contributed by atoms with Crippen LogP contribution in [0.5, 0.6) is 11.5 Å². The van der Waals surface area contributed by atoms with E-state index in [0.29, 0.717) is 56.4 Å². The van der Waals surface area contributed by atoms with Gasteiger partial charge in [0.25, 0.3) is 22.3 Å². The van der Waals surface area contributed by atoms with Gasteiger partial charge >= 0.3 is 0 Å². The van der Waals surface area contributed by atoms with Crippen molar-refractivity contribution in [2.75, 3.05) is 13.2 Å². The van der Waals surface area contributed by atoms with E-state index in [4.69, 9.17) is 32.7 Å². The van der Waals surface area contributed by atoms with E-state index in [9.17, 15) is 19.2 Å². The third kappa shape index (κ3) is 10.0. The average Bonchev–Trinajstić information content (AvgIpc) is 3.54. The molecule has 2 aromatic carbocycles. The summed E-state index contributed by atoms with van der Waals surface area (Å²) in [6.45, 7) is 1.40. The summed E-state index contributed by atoms with van der Waals surface area (Å²) >= 11 is 14.3. The first kappa shape index (κ1) is 34.4. The van der Waals surface area contributed by atoms with Gasteiger partial charge in [0, 0.05) is 0 Å². The summed E-state index contributed by atoms with van der Waals surface area (Å²) in [6.07, 6.45) is 16.0. The molecule has 0 aromatic heterocycles. The van der Waals surface area contributed by atoms with E-state index in [1.54, 1.807) is 24.3 Å². The largest absolute Gasteiger partial charge is 0.492 e.